The van der Waals surface area contributed by atoms with Crippen LogP contribution >= 0.6 is 0 Å². The number of aryl methyl sites for hydroxylation is 2. The van der Waals surface area contributed by atoms with Crippen molar-refractivity contribution < 1.29 is 10.2 Å². The molecule has 0 heterocycles. The molecule has 0 fully saturated rings. The first kappa shape index (κ1) is 15.5. The standard InChI is InChI=1S/C18H23NO2/c1-13-3-8-17(14(2)11-13)18(21)12-19-10-9-15-4-6-16(20)7-5-15/h3-8,11,18-21H,9-10,12H2,1-2H3. The summed E-state index contributed by atoms with van der Waals surface area (Å²) in [6.07, 6.45) is 0.394. The van der Waals surface area contributed by atoms with E-state index in [2.05, 4.69) is 18.3 Å². The molecule has 112 valence electrons. The van der Waals surface area contributed by atoms with Gasteiger partial charge in [-0.05, 0) is 55.6 Å². The molecule has 3 N–H and O–H groups in total. The number of benzene rings is 2. The number of hydrogen-bond donors (Lipinski definition) is 3. The molecule has 0 bridgehead atoms. The van der Waals surface area contributed by atoms with Crippen molar-refractivity contribution in [1.29, 1.82) is 0 Å². The maximum Gasteiger partial charge on any atom is 0.115 e. The number of rotatable bonds is 6. The van der Waals surface area contributed by atoms with Crippen molar-refractivity contribution in [3.05, 3.63) is 64.7 Å². The van der Waals surface area contributed by atoms with Gasteiger partial charge in [0, 0.05) is 6.54 Å². The summed E-state index contributed by atoms with van der Waals surface area (Å²) in [5.41, 5.74) is 4.49. The Morgan fingerprint density at radius 2 is 1.76 bits per heavy atom. The van der Waals surface area contributed by atoms with Crippen molar-refractivity contribution in [3.63, 3.8) is 0 Å². The van der Waals surface area contributed by atoms with Crippen molar-refractivity contribution in [2.24, 2.45) is 0 Å². The first-order chi connectivity index (χ1) is 10.1. The Hall–Kier alpha value is -1.84. The minimum Gasteiger partial charge on any atom is -0.508 e. The predicted molar refractivity (Wildman–Crippen MR) is 85.6 cm³/mol. The number of phenolic OH excluding ortho intramolecular Hbond substituents is 1. The number of aromatic hydroxyl groups is 1. The molecule has 0 amide bonds. The Bertz CT molecular complexity index is 578. The fourth-order valence-corrected chi connectivity index (χ4v) is 2.44. The van der Waals surface area contributed by atoms with Crippen LogP contribution in [0.1, 0.15) is 28.4 Å². The van der Waals surface area contributed by atoms with Crippen molar-refractivity contribution >= 4 is 0 Å². The summed E-state index contributed by atoms with van der Waals surface area (Å²) < 4.78 is 0. The van der Waals surface area contributed by atoms with Crippen LogP contribution in [-0.4, -0.2) is 23.3 Å². The fraction of sp³-hybridized carbons (Fsp3) is 0.333. The van der Waals surface area contributed by atoms with E-state index in [9.17, 15) is 10.2 Å². The predicted octanol–water partition coefficient (Wildman–Crippen LogP) is 2.87. The molecule has 0 aliphatic rings. The molecule has 0 saturated carbocycles. The lowest BCUT2D eigenvalue weighted by Gasteiger charge is -2.15. The van der Waals surface area contributed by atoms with Crippen molar-refractivity contribution in [2.75, 3.05) is 13.1 Å². The molecule has 1 atom stereocenters. The third-order valence-electron chi connectivity index (χ3n) is 3.65. The lowest BCUT2D eigenvalue weighted by atomic mass is 10.0. The van der Waals surface area contributed by atoms with E-state index in [-0.39, 0.29) is 5.75 Å². The Morgan fingerprint density at radius 3 is 2.43 bits per heavy atom. The molecule has 21 heavy (non-hydrogen) atoms. The molecule has 0 spiro atoms. The van der Waals surface area contributed by atoms with Gasteiger partial charge in [0.05, 0.1) is 6.10 Å². The zero-order valence-corrected chi connectivity index (χ0v) is 12.6. The molecule has 0 aliphatic heterocycles. The van der Waals surface area contributed by atoms with Crippen LogP contribution in [0.3, 0.4) is 0 Å². The molecule has 2 aromatic rings. The van der Waals surface area contributed by atoms with Crippen LogP contribution < -0.4 is 5.32 Å². The minimum absolute atomic E-state index is 0.289. The van der Waals surface area contributed by atoms with Crippen molar-refractivity contribution in [1.82, 2.24) is 5.32 Å². The molecule has 0 radical (unpaired) electrons. The molecule has 2 aromatic carbocycles. The minimum atomic E-state index is -0.481. The van der Waals surface area contributed by atoms with Crippen LogP contribution in [0.5, 0.6) is 5.75 Å². The van der Waals surface area contributed by atoms with Crippen molar-refractivity contribution in [3.8, 4) is 5.75 Å². The number of aliphatic hydroxyl groups excluding tert-OH is 1. The molecule has 3 heteroatoms. The molecule has 3 nitrogen and oxygen atoms in total. The second-order valence-electron chi connectivity index (χ2n) is 5.50. The van der Waals surface area contributed by atoms with E-state index in [0.717, 1.165) is 24.1 Å². The lowest BCUT2D eigenvalue weighted by molar-refractivity contribution is 0.174. The maximum absolute atomic E-state index is 10.2. The number of hydrogen-bond acceptors (Lipinski definition) is 3. The third-order valence-corrected chi connectivity index (χ3v) is 3.65. The summed E-state index contributed by atoms with van der Waals surface area (Å²) >= 11 is 0. The van der Waals surface area contributed by atoms with Gasteiger partial charge in [0.1, 0.15) is 5.75 Å². The highest BCUT2D eigenvalue weighted by Crippen LogP contribution is 2.18. The van der Waals surface area contributed by atoms with Gasteiger partial charge in [0.15, 0.2) is 0 Å². The molecule has 0 aromatic heterocycles. The van der Waals surface area contributed by atoms with Gasteiger partial charge in [-0.15, -0.1) is 0 Å². The largest absolute Gasteiger partial charge is 0.508 e. The van der Waals surface area contributed by atoms with E-state index in [1.807, 2.05) is 31.2 Å². The van der Waals surface area contributed by atoms with E-state index < -0.39 is 6.10 Å². The highest BCUT2D eigenvalue weighted by atomic mass is 16.3. The Balaban J connectivity index is 1.79. The molecular formula is C18H23NO2. The average Bonchev–Trinajstić information content (AvgIpc) is 2.45. The van der Waals surface area contributed by atoms with E-state index >= 15 is 0 Å². The van der Waals surface area contributed by atoms with Crippen LogP contribution in [0.2, 0.25) is 0 Å². The second kappa shape index (κ2) is 7.25. The lowest BCUT2D eigenvalue weighted by Crippen LogP contribution is -2.24. The van der Waals surface area contributed by atoms with Gasteiger partial charge in [-0.3, -0.25) is 0 Å². The maximum atomic E-state index is 10.2. The summed E-state index contributed by atoms with van der Waals surface area (Å²) in [5.74, 6) is 0.289. The van der Waals surface area contributed by atoms with E-state index in [4.69, 9.17) is 0 Å². The zero-order chi connectivity index (χ0) is 15.2. The topological polar surface area (TPSA) is 52.5 Å². The van der Waals surface area contributed by atoms with Gasteiger partial charge in [-0.2, -0.15) is 0 Å². The van der Waals surface area contributed by atoms with E-state index in [0.29, 0.717) is 6.54 Å². The second-order valence-corrected chi connectivity index (χ2v) is 5.50. The van der Waals surface area contributed by atoms with Gasteiger partial charge in [0.25, 0.3) is 0 Å². The van der Waals surface area contributed by atoms with E-state index in [1.54, 1.807) is 12.1 Å². The number of aliphatic hydroxyl groups is 1. The summed E-state index contributed by atoms with van der Waals surface area (Å²) in [7, 11) is 0. The third kappa shape index (κ3) is 4.59. The van der Waals surface area contributed by atoms with Gasteiger partial charge >= 0.3 is 0 Å². The molecule has 2 rings (SSSR count). The smallest absolute Gasteiger partial charge is 0.115 e. The summed E-state index contributed by atoms with van der Waals surface area (Å²) in [4.78, 5) is 0. The van der Waals surface area contributed by atoms with Crippen molar-refractivity contribution in [2.45, 2.75) is 26.4 Å². The quantitative estimate of drug-likeness (QED) is 0.715. The van der Waals surface area contributed by atoms with Crippen LogP contribution in [0, 0.1) is 13.8 Å². The van der Waals surface area contributed by atoms with E-state index in [1.165, 1.54) is 11.1 Å². The molecule has 0 aliphatic carbocycles. The van der Waals surface area contributed by atoms with Crippen LogP contribution in [-0.2, 0) is 6.42 Å². The SMILES string of the molecule is Cc1ccc(C(O)CNCCc2ccc(O)cc2)c(C)c1. The van der Waals surface area contributed by atoms with Gasteiger partial charge in [-0.25, -0.2) is 0 Å². The Morgan fingerprint density at radius 1 is 1.05 bits per heavy atom. The number of phenols is 1. The fourth-order valence-electron chi connectivity index (χ4n) is 2.44. The van der Waals surface area contributed by atoms with Gasteiger partial charge in [-0.1, -0.05) is 35.9 Å². The van der Waals surface area contributed by atoms with Gasteiger partial charge < -0.3 is 15.5 Å². The monoisotopic (exact) mass is 285 g/mol. The molecule has 0 saturated heterocycles. The first-order valence-electron chi connectivity index (χ1n) is 7.30. The zero-order valence-electron chi connectivity index (χ0n) is 12.6. The highest BCUT2D eigenvalue weighted by Gasteiger charge is 2.09. The Kier molecular flexibility index (Phi) is 5.37. The van der Waals surface area contributed by atoms with Crippen LogP contribution in [0.4, 0.5) is 0 Å². The first-order valence-corrected chi connectivity index (χ1v) is 7.30. The van der Waals surface area contributed by atoms with Crippen LogP contribution in [0.25, 0.3) is 0 Å². The van der Waals surface area contributed by atoms with Gasteiger partial charge in [0.2, 0.25) is 0 Å². The Labute approximate surface area is 126 Å². The average molecular weight is 285 g/mol. The summed E-state index contributed by atoms with van der Waals surface area (Å²) in [5, 5.41) is 22.7. The highest BCUT2D eigenvalue weighted by molar-refractivity contribution is 5.32. The summed E-state index contributed by atoms with van der Waals surface area (Å²) in [6.45, 7) is 5.43. The number of nitrogens with one attached hydrogen (secondary N) is 1. The normalized spacial score (nSPS) is 12.3. The van der Waals surface area contributed by atoms with Crippen LogP contribution in [0.15, 0.2) is 42.5 Å². The molecular weight excluding hydrogens is 262 g/mol. The molecule has 1 unspecified atom stereocenters. The summed E-state index contributed by atoms with van der Waals surface area (Å²) in [6, 6.07) is 13.3.